The zero-order valence-electron chi connectivity index (χ0n) is 4.63. The number of aromatic nitrogens is 2. The van der Waals surface area contributed by atoms with E-state index in [2.05, 4.69) is 27.9 Å². The molecule has 4 heteroatoms. The Kier molecular flexibility index (Phi) is 1.66. The summed E-state index contributed by atoms with van der Waals surface area (Å²) in [6.45, 7) is 0.458. The van der Waals surface area contributed by atoms with E-state index in [1.54, 1.807) is 10.9 Å². The van der Waals surface area contributed by atoms with E-state index in [1.165, 1.54) is 0 Å². The van der Waals surface area contributed by atoms with E-state index in [0.29, 0.717) is 11.3 Å². The maximum Gasteiger partial charge on any atom is 0.290 e. The summed E-state index contributed by atoms with van der Waals surface area (Å²) in [5.41, 5.74) is 0. The Morgan fingerprint density at radius 3 is 3.22 bits per heavy atom. The van der Waals surface area contributed by atoms with Crippen molar-refractivity contribution in [3.63, 3.8) is 0 Å². The van der Waals surface area contributed by atoms with E-state index in [-0.39, 0.29) is 0 Å². The number of nitrogens with zero attached hydrogens (tertiary/aromatic N) is 1. The molecule has 0 amide bonds. The van der Waals surface area contributed by atoms with E-state index < -0.39 is 0 Å². The minimum atomic E-state index is 0.408. The zero-order valence-corrected chi connectivity index (χ0v) is 5.44. The van der Waals surface area contributed by atoms with Gasteiger partial charge in [-0.15, -0.1) is 6.42 Å². The first-order chi connectivity index (χ1) is 4.33. The Labute approximate surface area is 57.2 Å². The monoisotopic (exact) mass is 141 g/mol. The predicted octanol–water partition coefficient (Wildman–Crippen LogP) is 0.258. The van der Waals surface area contributed by atoms with Gasteiger partial charge in [-0.3, -0.25) is 0 Å². The Bertz CT molecular complexity index is 280. The molecule has 9 heavy (non-hydrogen) atoms. The fraction of sp³-hybridized carbons (Fsp3) is 0.200. The SMILES string of the molecule is C#CC[n+]1cc(=S)o[nH]1. The third-order valence-electron chi connectivity index (χ3n) is 0.786. The van der Waals surface area contributed by atoms with Crippen LogP contribution in [-0.4, -0.2) is 5.27 Å². The Hall–Kier alpha value is -1.08. The average molecular weight is 141 g/mol. The van der Waals surface area contributed by atoms with Crippen molar-refractivity contribution in [2.45, 2.75) is 6.54 Å². The molecule has 1 aromatic heterocycles. The van der Waals surface area contributed by atoms with E-state index in [1.807, 2.05) is 0 Å². The Morgan fingerprint density at radius 2 is 2.78 bits per heavy atom. The smallest absolute Gasteiger partial charge is 0.290 e. The molecule has 0 atom stereocenters. The lowest BCUT2D eigenvalue weighted by atomic mass is 10.7. The van der Waals surface area contributed by atoms with Crippen LogP contribution in [0.15, 0.2) is 10.7 Å². The summed E-state index contributed by atoms with van der Waals surface area (Å²) < 4.78 is 6.67. The van der Waals surface area contributed by atoms with Gasteiger partial charge < -0.3 is 4.52 Å². The predicted molar refractivity (Wildman–Crippen MR) is 32.9 cm³/mol. The van der Waals surface area contributed by atoms with Crippen molar-refractivity contribution in [3.8, 4) is 12.3 Å². The van der Waals surface area contributed by atoms with Crippen LogP contribution in [-0.2, 0) is 6.54 Å². The maximum absolute atomic E-state index is 5.00. The molecular formula is C5H5N2OS+. The van der Waals surface area contributed by atoms with Crippen LogP contribution in [0, 0.1) is 17.1 Å². The number of hydrogen-bond donors (Lipinski definition) is 1. The highest BCUT2D eigenvalue weighted by Gasteiger charge is 1.97. The van der Waals surface area contributed by atoms with Crippen LogP contribution in [0.2, 0.25) is 0 Å². The van der Waals surface area contributed by atoms with Crippen LogP contribution in [0.4, 0.5) is 0 Å². The van der Waals surface area contributed by atoms with Crippen LogP contribution in [0.3, 0.4) is 0 Å². The number of H-pyrrole nitrogens is 1. The first-order valence-corrected chi connectivity index (χ1v) is 2.75. The lowest BCUT2D eigenvalue weighted by molar-refractivity contribution is -0.751. The molecule has 0 aliphatic carbocycles. The number of rotatable bonds is 1. The third-order valence-corrected chi connectivity index (χ3v) is 0.975. The summed E-state index contributed by atoms with van der Waals surface area (Å²) in [5.74, 6) is 2.42. The van der Waals surface area contributed by atoms with Crippen molar-refractivity contribution in [1.82, 2.24) is 5.27 Å². The van der Waals surface area contributed by atoms with Crippen LogP contribution in [0.25, 0.3) is 0 Å². The molecule has 1 N–H and O–H groups in total. The van der Waals surface area contributed by atoms with Crippen LogP contribution in [0.1, 0.15) is 0 Å². The molecule has 1 rings (SSSR count). The second kappa shape index (κ2) is 2.46. The highest BCUT2D eigenvalue weighted by atomic mass is 32.1. The summed E-state index contributed by atoms with van der Waals surface area (Å²) >= 11 is 4.66. The normalized spacial score (nSPS) is 8.78. The van der Waals surface area contributed by atoms with Gasteiger partial charge in [-0.1, -0.05) is 4.68 Å². The molecule has 0 spiro atoms. The van der Waals surface area contributed by atoms with Gasteiger partial charge in [0.2, 0.25) is 6.54 Å². The van der Waals surface area contributed by atoms with Crippen LogP contribution >= 0.6 is 12.2 Å². The second-order valence-corrected chi connectivity index (χ2v) is 1.88. The van der Waals surface area contributed by atoms with Crippen molar-refractivity contribution in [1.29, 1.82) is 0 Å². The van der Waals surface area contributed by atoms with Gasteiger partial charge >= 0.3 is 0 Å². The highest BCUT2D eigenvalue weighted by Crippen LogP contribution is 1.77. The van der Waals surface area contributed by atoms with Crippen LogP contribution in [0.5, 0.6) is 0 Å². The standard InChI is InChI=1S/C5H4N2OS/c1-2-3-7-4-5(9)8-6-7/h1,4H,3H2/p+1. The molecule has 0 saturated carbocycles. The van der Waals surface area contributed by atoms with Gasteiger partial charge in [-0.05, 0) is 23.4 Å². The van der Waals surface area contributed by atoms with Crippen molar-refractivity contribution in [3.05, 3.63) is 10.9 Å². The Balaban J connectivity index is 2.88. The second-order valence-electron chi connectivity index (χ2n) is 1.47. The summed E-state index contributed by atoms with van der Waals surface area (Å²) in [6, 6.07) is 0. The number of aromatic amines is 1. The lowest BCUT2D eigenvalue weighted by Crippen LogP contribution is -2.33. The van der Waals surface area contributed by atoms with Crippen molar-refractivity contribution < 1.29 is 9.20 Å². The number of nitrogens with one attached hydrogen (secondary N) is 1. The number of hydrogen-bond acceptors (Lipinski definition) is 2. The fourth-order valence-electron chi connectivity index (χ4n) is 0.460. The molecule has 0 aromatic carbocycles. The molecule has 0 saturated heterocycles. The fourth-order valence-corrected chi connectivity index (χ4v) is 0.624. The molecule has 0 aliphatic heterocycles. The largest absolute Gasteiger partial charge is 0.316 e. The van der Waals surface area contributed by atoms with Gasteiger partial charge in [0.25, 0.3) is 10.9 Å². The maximum atomic E-state index is 5.00. The molecule has 0 aliphatic rings. The van der Waals surface area contributed by atoms with Gasteiger partial charge in [0.05, 0.1) is 0 Å². The highest BCUT2D eigenvalue weighted by molar-refractivity contribution is 7.71. The topological polar surface area (TPSA) is 32.8 Å². The Morgan fingerprint density at radius 1 is 2.00 bits per heavy atom. The van der Waals surface area contributed by atoms with Gasteiger partial charge in [0, 0.05) is 0 Å². The third kappa shape index (κ3) is 1.40. The molecule has 3 nitrogen and oxygen atoms in total. The van der Waals surface area contributed by atoms with E-state index in [0.717, 1.165) is 0 Å². The minimum absolute atomic E-state index is 0.408. The summed E-state index contributed by atoms with van der Waals surface area (Å²) in [4.78, 5) is 0. The molecule has 0 radical (unpaired) electrons. The summed E-state index contributed by atoms with van der Waals surface area (Å²) in [5, 5.41) is 2.50. The van der Waals surface area contributed by atoms with Crippen molar-refractivity contribution in [2.75, 3.05) is 0 Å². The van der Waals surface area contributed by atoms with Gasteiger partial charge in [-0.25, -0.2) is 0 Å². The van der Waals surface area contributed by atoms with E-state index in [9.17, 15) is 0 Å². The van der Waals surface area contributed by atoms with Gasteiger partial charge in [0.15, 0.2) is 0 Å². The summed E-state index contributed by atoms with van der Waals surface area (Å²) in [7, 11) is 0. The van der Waals surface area contributed by atoms with Gasteiger partial charge in [0.1, 0.15) is 0 Å². The molecule has 0 bridgehead atoms. The van der Waals surface area contributed by atoms with E-state index in [4.69, 9.17) is 6.42 Å². The van der Waals surface area contributed by atoms with Crippen LogP contribution < -0.4 is 4.68 Å². The average Bonchev–Trinajstić information content (AvgIpc) is 2.17. The first-order valence-electron chi connectivity index (χ1n) is 2.34. The molecule has 0 fully saturated rings. The van der Waals surface area contributed by atoms with Gasteiger partial charge in [-0.2, -0.15) is 0 Å². The minimum Gasteiger partial charge on any atom is -0.316 e. The lowest BCUT2D eigenvalue weighted by Gasteiger charge is -1.72. The number of terminal acetylenes is 1. The molecule has 1 heterocycles. The molecule has 1 aromatic rings. The molecule has 0 unspecified atom stereocenters. The quantitative estimate of drug-likeness (QED) is 0.345. The zero-order chi connectivity index (χ0) is 6.69. The first kappa shape index (κ1) is 6.05. The molecule has 46 valence electrons. The van der Waals surface area contributed by atoms with Crippen molar-refractivity contribution >= 4 is 12.2 Å². The van der Waals surface area contributed by atoms with Crippen molar-refractivity contribution in [2.24, 2.45) is 0 Å². The van der Waals surface area contributed by atoms with E-state index >= 15 is 0 Å². The summed E-state index contributed by atoms with van der Waals surface area (Å²) in [6.07, 6.45) is 6.62. The molecular weight excluding hydrogens is 136 g/mol.